The summed E-state index contributed by atoms with van der Waals surface area (Å²) in [5, 5.41) is 3.74. The number of carbonyl (C=O) groups is 1. The minimum Gasteiger partial charge on any atom is -0.451 e. The Morgan fingerprint density at radius 2 is 2.00 bits per heavy atom. The van der Waals surface area contributed by atoms with Crippen LogP contribution in [0.5, 0.6) is 0 Å². The highest BCUT2D eigenvalue weighted by Gasteiger charge is 2.16. The molecule has 1 heterocycles. The average molecular weight is 374 g/mol. The lowest BCUT2D eigenvalue weighted by Gasteiger charge is -2.15. The summed E-state index contributed by atoms with van der Waals surface area (Å²) in [4.78, 5) is 12.3. The molecule has 23 heavy (non-hydrogen) atoms. The Bertz CT molecular complexity index is 814. The van der Waals surface area contributed by atoms with Crippen molar-refractivity contribution in [3.8, 4) is 0 Å². The molecule has 0 bridgehead atoms. The van der Waals surface area contributed by atoms with E-state index in [-0.39, 0.29) is 12.0 Å². The van der Waals surface area contributed by atoms with E-state index in [2.05, 4.69) is 21.2 Å². The molecule has 0 fully saturated rings. The van der Waals surface area contributed by atoms with E-state index in [1.54, 1.807) is 13.2 Å². The molecule has 0 aliphatic rings. The number of carbonyl (C=O) groups excluding carboxylic acids is 1. The summed E-state index contributed by atoms with van der Waals surface area (Å²) in [5.41, 5.74) is 1.70. The number of rotatable bonds is 5. The summed E-state index contributed by atoms with van der Waals surface area (Å²) in [6.07, 6.45) is -0.196. The van der Waals surface area contributed by atoms with Gasteiger partial charge in [-0.15, -0.1) is 0 Å². The fourth-order valence-electron chi connectivity index (χ4n) is 2.40. The van der Waals surface area contributed by atoms with Gasteiger partial charge in [0.05, 0.1) is 6.10 Å². The van der Waals surface area contributed by atoms with Gasteiger partial charge in [0.2, 0.25) is 0 Å². The van der Waals surface area contributed by atoms with Crippen LogP contribution in [0.2, 0.25) is 0 Å². The highest BCUT2D eigenvalue weighted by molar-refractivity contribution is 9.10. The van der Waals surface area contributed by atoms with Crippen molar-refractivity contribution in [2.45, 2.75) is 6.10 Å². The maximum atomic E-state index is 12.3. The van der Waals surface area contributed by atoms with Gasteiger partial charge in [-0.05, 0) is 29.8 Å². The zero-order valence-corrected chi connectivity index (χ0v) is 14.2. The predicted molar refractivity (Wildman–Crippen MR) is 92.4 cm³/mol. The van der Waals surface area contributed by atoms with E-state index in [0.717, 1.165) is 15.4 Å². The van der Waals surface area contributed by atoms with Crippen molar-refractivity contribution in [3.05, 3.63) is 70.4 Å². The summed E-state index contributed by atoms with van der Waals surface area (Å²) in [6, 6.07) is 17.1. The maximum Gasteiger partial charge on any atom is 0.287 e. The van der Waals surface area contributed by atoms with Crippen LogP contribution in [0.15, 0.2) is 63.5 Å². The third-order valence-corrected chi connectivity index (χ3v) is 4.10. The van der Waals surface area contributed by atoms with Gasteiger partial charge < -0.3 is 14.5 Å². The Labute approximate surface area is 142 Å². The normalized spacial score (nSPS) is 12.3. The van der Waals surface area contributed by atoms with Crippen LogP contribution < -0.4 is 5.32 Å². The third kappa shape index (κ3) is 3.63. The Hall–Kier alpha value is -2.11. The van der Waals surface area contributed by atoms with E-state index in [0.29, 0.717) is 17.9 Å². The van der Waals surface area contributed by atoms with Crippen LogP contribution in [0.1, 0.15) is 22.2 Å². The molecule has 0 saturated heterocycles. The Morgan fingerprint density at radius 1 is 1.22 bits per heavy atom. The van der Waals surface area contributed by atoms with E-state index in [9.17, 15) is 4.79 Å². The van der Waals surface area contributed by atoms with Crippen LogP contribution in [0.25, 0.3) is 11.0 Å². The second-order valence-corrected chi connectivity index (χ2v) is 6.05. The lowest BCUT2D eigenvalue weighted by Crippen LogP contribution is -2.28. The minimum atomic E-state index is -0.254. The molecule has 3 rings (SSSR count). The topological polar surface area (TPSA) is 51.5 Å². The van der Waals surface area contributed by atoms with Gasteiger partial charge in [-0.1, -0.05) is 46.3 Å². The largest absolute Gasteiger partial charge is 0.451 e. The Balaban J connectivity index is 1.70. The molecule has 0 aliphatic carbocycles. The third-order valence-electron chi connectivity index (χ3n) is 3.61. The lowest BCUT2D eigenvalue weighted by atomic mass is 10.1. The summed E-state index contributed by atoms with van der Waals surface area (Å²) < 4.78 is 12.0. The number of fused-ring (bicyclic) bond motifs is 1. The van der Waals surface area contributed by atoms with Crippen LogP contribution in [0.4, 0.5) is 0 Å². The van der Waals surface area contributed by atoms with Crippen LogP contribution in [0, 0.1) is 0 Å². The Morgan fingerprint density at radius 3 is 2.74 bits per heavy atom. The minimum absolute atomic E-state index is 0.196. The fraction of sp³-hybridized carbons (Fsp3) is 0.167. The van der Waals surface area contributed by atoms with Crippen molar-refractivity contribution < 1.29 is 13.9 Å². The zero-order valence-electron chi connectivity index (χ0n) is 12.6. The number of hydrogen-bond donors (Lipinski definition) is 1. The summed E-state index contributed by atoms with van der Waals surface area (Å²) in [7, 11) is 1.63. The number of amides is 1. The smallest absolute Gasteiger partial charge is 0.287 e. The molecule has 1 aromatic heterocycles. The molecule has 2 aromatic carbocycles. The van der Waals surface area contributed by atoms with Crippen molar-refractivity contribution in [1.29, 1.82) is 0 Å². The molecular formula is C18H16BrNO3. The molecule has 5 heteroatoms. The molecule has 0 saturated carbocycles. The zero-order chi connectivity index (χ0) is 16.2. The van der Waals surface area contributed by atoms with Crippen LogP contribution in [-0.4, -0.2) is 19.6 Å². The maximum absolute atomic E-state index is 12.3. The van der Waals surface area contributed by atoms with Crippen molar-refractivity contribution >= 4 is 32.8 Å². The molecule has 0 radical (unpaired) electrons. The number of methoxy groups -OCH3 is 1. The van der Waals surface area contributed by atoms with Gasteiger partial charge in [0, 0.05) is 23.5 Å². The molecule has 1 unspecified atom stereocenters. The quantitative estimate of drug-likeness (QED) is 0.724. The fourth-order valence-corrected chi connectivity index (χ4v) is 2.78. The molecule has 0 spiro atoms. The van der Waals surface area contributed by atoms with Crippen molar-refractivity contribution in [2.24, 2.45) is 0 Å². The average Bonchev–Trinajstić information content (AvgIpc) is 2.99. The first-order chi connectivity index (χ1) is 11.2. The van der Waals surface area contributed by atoms with Gasteiger partial charge in [0.15, 0.2) is 5.76 Å². The molecule has 4 nitrogen and oxygen atoms in total. The summed E-state index contributed by atoms with van der Waals surface area (Å²) in [5.74, 6) is 0.0383. The van der Waals surface area contributed by atoms with Crippen molar-refractivity contribution in [3.63, 3.8) is 0 Å². The van der Waals surface area contributed by atoms with Gasteiger partial charge in [-0.2, -0.15) is 0 Å². The molecule has 118 valence electrons. The van der Waals surface area contributed by atoms with Gasteiger partial charge >= 0.3 is 0 Å². The van der Waals surface area contributed by atoms with Crippen LogP contribution in [0.3, 0.4) is 0 Å². The number of ether oxygens (including phenoxy) is 1. The van der Waals surface area contributed by atoms with Gasteiger partial charge in [0.1, 0.15) is 5.58 Å². The predicted octanol–water partition coefficient (Wildman–Crippen LogP) is 4.31. The van der Waals surface area contributed by atoms with E-state index >= 15 is 0 Å². The highest BCUT2D eigenvalue weighted by atomic mass is 79.9. The first-order valence-electron chi connectivity index (χ1n) is 7.22. The number of benzene rings is 2. The van der Waals surface area contributed by atoms with E-state index in [1.165, 1.54) is 0 Å². The van der Waals surface area contributed by atoms with Gasteiger partial charge in [0.25, 0.3) is 5.91 Å². The second-order valence-electron chi connectivity index (χ2n) is 5.14. The first kappa shape index (κ1) is 15.8. The molecule has 3 aromatic rings. The van der Waals surface area contributed by atoms with E-state index < -0.39 is 0 Å². The van der Waals surface area contributed by atoms with Crippen molar-refractivity contribution in [2.75, 3.05) is 13.7 Å². The highest BCUT2D eigenvalue weighted by Crippen LogP contribution is 2.23. The second kappa shape index (κ2) is 6.98. The molecule has 0 aliphatic heterocycles. The van der Waals surface area contributed by atoms with Gasteiger partial charge in [-0.25, -0.2) is 0 Å². The summed E-state index contributed by atoms with van der Waals surface area (Å²) in [6.45, 7) is 0.375. The number of halogens is 1. The summed E-state index contributed by atoms with van der Waals surface area (Å²) >= 11 is 3.40. The lowest BCUT2D eigenvalue weighted by molar-refractivity contribution is 0.0809. The monoisotopic (exact) mass is 373 g/mol. The van der Waals surface area contributed by atoms with E-state index in [4.69, 9.17) is 9.15 Å². The first-order valence-corrected chi connectivity index (χ1v) is 8.01. The Kier molecular flexibility index (Phi) is 4.79. The van der Waals surface area contributed by atoms with Crippen LogP contribution >= 0.6 is 15.9 Å². The van der Waals surface area contributed by atoms with Crippen LogP contribution in [-0.2, 0) is 4.74 Å². The standard InChI is InChI=1S/C18H16BrNO3/c1-22-17(12-5-3-2-4-6-12)11-20-18(21)16-10-13-9-14(19)7-8-15(13)23-16/h2-10,17H,11H2,1H3,(H,20,21). The number of nitrogens with one attached hydrogen (secondary N) is 1. The number of hydrogen-bond acceptors (Lipinski definition) is 3. The SMILES string of the molecule is COC(CNC(=O)c1cc2cc(Br)ccc2o1)c1ccccc1. The molecule has 1 N–H and O–H groups in total. The van der Waals surface area contributed by atoms with Gasteiger partial charge in [-0.3, -0.25) is 4.79 Å². The molecular weight excluding hydrogens is 358 g/mol. The van der Waals surface area contributed by atoms with E-state index in [1.807, 2.05) is 48.5 Å². The van der Waals surface area contributed by atoms with Crippen molar-refractivity contribution in [1.82, 2.24) is 5.32 Å². The number of furan rings is 1. The molecule has 1 amide bonds. The molecule has 1 atom stereocenters.